The molecule has 3 aromatic carbocycles. The number of rotatable bonds is 9. The van der Waals surface area contributed by atoms with Gasteiger partial charge in [0.05, 0.1) is 7.11 Å². The molecule has 0 radical (unpaired) electrons. The summed E-state index contributed by atoms with van der Waals surface area (Å²) < 4.78 is 11.8. The van der Waals surface area contributed by atoms with Crippen molar-refractivity contribution < 1.29 is 9.47 Å². The first kappa shape index (κ1) is 19.6. The molecule has 3 aromatic rings. The van der Waals surface area contributed by atoms with Crippen LogP contribution in [0.5, 0.6) is 11.5 Å². The third-order valence-corrected chi connectivity index (χ3v) is 4.52. The summed E-state index contributed by atoms with van der Waals surface area (Å²) in [5, 5.41) is 3.48. The van der Waals surface area contributed by atoms with Gasteiger partial charge in [0.15, 0.2) is 11.5 Å². The van der Waals surface area contributed by atoms with Crippen molar-refractivity contribution in [3.8, 4) is 11.5 Å². The Bertz CT molecular complexity index is 919. The summed E-state index contributed by atoms with van der Waals surface area (Å²) in [6, 6.07) is 22.7. The molecule has 0 saturated carbocycles. The Balaban J connectivity index is 1.80. The van der Waals surface area contributed by atoms with Crippen LogP contribution in [-0.2, 0) is 19.6 Å². The van der Waals surface area contributed by atoms with Crippen LogP contribution in [-0.4, -0.2) is 7.11 Å². The Morgan fingerprint density at radius 3 is 2.50 bits per heavy atom. The van der Waals surface area contributed by atoms with Crippen LogP contribution < -0.4 is 14.8 Å². The fraction of sp³-hybridized carbons (Fsp3) is 0.200. The Morgan fingerprint density at radius 2 is 1.79 bits per heavy atom. The minimum absolute atomic E-state index is 0.502. The van der Waals surface area contributed by atoms with Gasteiger partial charge >= 0.3 is 0 Å². The third kappa shape index (κ3) is 5.17. The first-order valence-corrected chi connectivity index (χ1v) is 9.47. The van der Waals surface area contributed by atoms with E-state index in [9.17, 15) is 0 Å². The second-order valence-electron chi connectivity index (χ2n) is 6.78. The number of hydrogen-bond donors (Lipinski definition) is 1. The topological polar surface area (TPSA) is 30.5 Å². The zero-order chi connectivity index (χ0) is 19.8. The lowest BCUT2D eigenvalue weighted by Crippen LogP contribution is -2.05. The lowest BCUT2D eigenvalue weighted by molar-refractivity contribution is 0.281. The fourth-order valence-electron chi connectivity index (χ4n) is 3.14. The molecule has 28 heavy (non-hydrogen) atoms. The SMILES string of the molecule is C=CCc1cc(CNc2cccc(C)c2)cc(OC)c1OCc1ccccc1. The summed E-state index contributed by atoms with van der Waals surface area (Å²) in [6.07, 6.45) is 2.61. The molecule has 144 valence electrons. The second kappa shape index (κ2) is 9.65. The monoisotopic (exact) mass is 373 g/mol. The van der Waals surface area contributed by atoms with E-state index in [0.29, 0.717) is 13.2 Å². The number of allylic oxidation sites excluding steroid dienone is 1. The standard InChI is InChI=1S/C25H27NO2/c1-4-9-22-15-21(17-26-23-13-8-10-19(2)14-23)16-24(27-3)25(22)28-18-20-11-6-5-7-12-20/h4-8,10-16,26H,1,9,17-18H2,2-3H3. The zero-order valence-corrected chi connectivity index (χ0v) is 16.6. The summed E-state index contributed by atoms with van der Waals surface area (Å²) in [7, 11) is 1.68. The van der Waals surface area contributed by atoms with E-state index < -0.39 is 0 Å². The van der Waals surface area contributed by atoms with Crippen molar-refractivity contribution in [2.24, 2.45) is 0 Å². The lowest BCUT2D eigenvalue weighted by atomic mass is 10.0. The number of benzene rings is 3. The van der Waals surface area contributed by atoms with Crippen molar-refractivity contribution in [3.05, 3.63) is 102 Å². The van der Waals surface area contributed by atoms with E-state index in [1.165, 1.54) is 5.56 Å². The molecule has 0 heterocycles. The Hall–Kier alpha value is -3.20. The molecule has 3 heteroatoms. The molecule has 3 nitrogen and oxygen atoms in total. The first-order valence-electron chi connectivity index (χ1n) is 9.47. The van der Waals surface area contributed by atoms with Crippen molar-refractivity contribution in [3.63, 3.8) is 0 Å². The molecule has 0 aliphatic heterocycles. The summed E-state index contributed by atoms with van der Waals surface area (Å²) in [5.41, 5.74) is 5.68. The molecule has 0 spiro atoms. The van der Waals surface area contributed by atoms with E-state index in [-0.39, 0.29) is 0 Å². The van der Waals surface area contributed by atoms with Gasteiger partial charge < -0.3 is 14.8 Å². The van der Waals surface area contributed by atoms with Crippen LogP contribution in [0.25, 0.3) is 0 Å². The predicted octanol–water partition coefficient (Wildman–Crippen LogP) is 5.92. The maximum absolute atomic E-state index is 6.14. The van der Waals surface area contributed by atoms with Gasteiger partial charge in [-0.3, -0.25) is 0 Å². The molecule has 0 unspecified atom stereocenters. The summed E-state index contributed by atoms with van der Waals surface area (Å²) >= 11 is 0. The number of ether oxygens (including phenoxy) is 2. The minimum atomic E-state index is 0.502. The van der Waals surface area contributed by atoms with Crippen LogP contribution >= 0.6 is 0 Å². The molecule has 0 saturated heterocycles. The molecule has 3 rings (SSSR count). The van der Waals surface area contributed by atoms with Crippen molar-refractivity contribution in [1.29, 1.82) is 0 Å². The number of hydrogen-bond acceptors (Lipinski definition) is 3. The van der Waals surface area contributed by atoms with Crippen LogP contribution in [0.4, 0.5) is 5.69 Å². The van der Waals surface area contributed by atoms with E-state index in [1.807, 2.05) is 30.3 Å². The van der Waals surface area contributed by atoms with Gasteiger partial charge in [0.2, 0.25) is 0 Å². The molecular formula is C25H27NO2. The van der Waals surface area contributed by atoms with Gasteiger partial charge in [-0.2, -0.15) is 0 Å². The Kier molecular flexibility index (Phi) is 6.74. The highest BCUT2D eigenvalue weighted by molar-refractivity contribution is 5.52. The van der Waals surface area contributed by atoms with E-state index in [1.54, 1.807) is 7.11 Å². The van der Waals surface area contributed by atoms with Crippen LogP contribution in [0, 0.1) is 6.92 Å². The van der Waals surface area contributed by atoms with Gasteiger partial charge in [-0.15, -0.1) is 6.58 Å². The number of aryl methyl sites for hydroxylation is 1. The number of anilines is 1. The molecule has 0 atom stereocenters. The minimum Gasteiger partial charge on any atom is -0.493 e. The maximum atomic E-state index is 6.14. The van der Waals surface area contributed by atoms with Crippen molar-refractivity contribution in [2.45, 2.75) is 26.5 Å². The average Bonchev–Trinajstić information content (AvgIpc) is 2.72. The third-order valence-electron chi connectivity index (χ3n) is 4.52. The van der Waals surface area contributed by atoms with Gasteiger partial charge in [0, 0.05) is 17.8 Å². The molecule has 0 aromatic heterocycles. The Labute approximate surface area is 167 Å². The number of methoxy groups -OCH3 is 1. The molecule has 0 aliphatic carbocycles. The maximum Gasteiger partial charge on any atom is 0.165 e. The first-order chi connectivity index (χ1) is 13.7. The summed E-state index contributed by atoms with van der Waals surface area (Å²) in [5.74, 6) is 1.53. The normalized spacial score (nSPS) is 10.4. The van der Waals surface area contributed by atoms with Crippen LogP contribution in [0.1, 0.15) is 22.3 Å². The molecule has 0 amide bonds. The van der Waals surface area contributed by atoms with E-state index in [4.69, 9.17) is 9.47 Å². The Morgan fingerprint density at radius 1 is 0.964 bits per heavy atom. The van der Waals surface area contributed by atoms with Gasteiger partial charge in [0.1, 0.15) is 6.61 Å². The van der Waals surface area contributed by atoms with Crippen LogP contribution in [0.2, 0.25) is 0 Å². The average molecular weight is 373 g/mol. The highest BCUT2D eigenvalue weighted by atomic mass is 16.5. The predicted molar refractivity (Wildman–Crippen MR) is 116 cm³/mol. The summed E-state index contributed by atoms with van der Waals surface area (Å²) in [4.78, 5) is 0. The van der Waals surface area contributed by atoms with E-state index >= 15 is 0 Å². The molecule has 0 fully saturated rings. The van der Waals surface area contributed by atoms with Crippen LogP contribution in [0.3, 0.4) is 0 Å². The van der Waals surface area contributed by atoms with Gasteiger partial charge in [-0.25, -0.2) is 0 Å². The quantitative estimate of drug-likeness (QED) is 0.472. The smallest absolute Gasteiger partial charge is 0.165 e. The second-order valence-corrected chi connectivity index (χ2v) is 6.78. The van der Waals surface area contributed by atoms with Crippen LogP contribution in [0.15, 0.2) is 79.4 Å². The van der Waals surface area contributed by atoms with Crippen molar-refractivity contribution in [1.82, 2.24) is 0 Å². The fourth-order valence-corrected chi connectivity index (χ4v) is 3.14. The zero-order valence-electron chi connectivity index (χ0n) is 16.6. The largest absolute Gasteiger partial charge is 0.493 e. The van der Waals surface area contributed by atoms with E-state index in [2.05, 4.69) is 61.3 Å². The highest BCUT2D eigenvalue weighted by Crippen LogP contribution is 2.34. The molecular weight excluding hydrogens is 346 g/mol. The van der Waals surface area contributed by atoms with Gasteiger partial charge in [0.25, 0.3) is 0 Å². The van der Waals surface area contributed by atoms with Gasteiger partial charge in [-0.05, 0) is 54.3 Å². The number of nitrogens with one attached hydrogen (secondary N) is 1. The molecule has 1 N–H and O–H groups in total. The highest BCUT2D eigenvalue weighted by Gasteiger charge is 2.13. The van der Waals surface area contributed by atoms with Crippen molar-refractivity contribution in [2.75, 3.05) is 12.4 Å². The summed E-state index contributed by atoms with van der Waals surface area (Å²) in [6.45, 7) is 7.20. The lowest BCUT2D eigenvalue weighted by Gasteiger charge is -2.17. The molecule has 0 aliphatic rings. The van der Waals surface area contributed by atoms with E-state index in [0.717, 1.165) is 40.3 Å². The molecule has 0 bridgehead atoms. The van der Waals surface area contributed by atoms with Gasteiger partial charge in [-0.1, -0.05) is 48.5 Å². The van der Waals surface area contributed by atoms with Crippen molar-refractivity contribution >= 4 is 5.69 Å².